The Labute approximate surface area is 79.5 Å². The summed E-state index contributed by atoms with van der Waals surface area (Å²) in [6.45, 7) is 4.44. The van der Waals surface area contributed by atoms with Gasteiger partial charge in [0, 0.05) is 6.42 Å². The predicted molar refractivity (Wildman–Crippen MR) is 53.4 cm³/mol. The maximum atomic E-state index is 11.3. The van der Waals surface area contributed by atoms with Gasteiger partial charge in [0.15, 0.2) is 5.78 Å². The molecule has 0 heterocycles. The van der Waals surface area contributed by atoms with Crippen LogP contribution in [0.1, 0.15) is 33.1 Å². The maximum absolute atomic E-state index is 11.3. The molecule has 0 N–H and O–H groups in total. The van der Waals surface area contributed by atoms with E-state index in [2.05, 4.69) is 26.0 Å². The van der Waals surface area contributed by atoms with Crippen molar-refractivity contribution in [3.05, 3.63) is 23.8 Å². The highest BCUT2D eigenvalue weighted by atomic mass is 16.1. The average Bonchev–Trinajstić information content (AvgIpc) is 2.08. The fraction of sp³-hybridized carbons (Fsp3) is 0.583. The van der Waals surface area contributed by atoms with Crippen LogP contribution in [0.5, 0.6) is 0 Å². The van der Waals surface area contributed by atoms with Crippen molar-refractivity contribution in [3.8, 4) is 0 Å². The maximum Gasteiger partial charge on any atom is 0.156 e. The van der Waals surface area contributed by atoms with Crippen molar-refractivity contribution in [3.63, 3.8) is 0 Å². The fourth-order valence-corrected chi connectivity index (χ4v) is 2.59. The molecule has 0 fully saturated rings. The quantitative estimate of drug-likeness (QED) is 0.519. The van der Waals surface area contributed by atoms with Crippen molar-refractivity contribution >= 4 is 5.78 Å². The smallest absolute Gasteiger partial charge is 0.156 e. The van der Waals surface area contributed by atoms with E-state index in [1.165, 1.54) is 12.0 Å². The average molecular weight is 176 g/mol. The summed E-state index contributed by atoms with van der Waals surface area (Å²) in [6, 6.07) is 0. The number of allylic oxidation sites excluding steroid dienone is 4. The molecule has 0 amide bonds. The van der Waals surface area contributed by atoms with Crippen molar-refractivity contribution in [1.29, 1.82) is 0 Å². The fourth-order valence-electron chi connectivity index (χ4n) is 2.59. The number of fused-ring (bicyclic) bond motifs is 1. The van der Waals surface area contributed by atoms with Crippen LogP contribution >= 0.6 is 0 Å². The van der Waals surface area contributed by atoms with Crippen LogP contribution in [-0.4, -0.2) is 5.78 Å². The van der Waals surface area contributed by atoms with Crippen LogP contribution < -0.4 is 0 Å². The molecule has 0 saturated carbocycles. The van der Waals surface area contributed by atoms with Gasteiger partial charge in [-0.25, -0.2) is 0 Å². The first-order chi connectivity index (χ1) is 6.12. The lowest BCUT2D eigenvalue weighted by atomic mass is 9.63. The second-order valence-electron chi connectivity index (χ2n) is 4.55. The van der Waals surface area contributed by atoms with Gasteiger partial charge in [-0.1, -0.05) is 24.6 Å². The number of hydrogen-bond donors (Lipinski definition) is 0. The molecule has 0 unspecified atom stereocenters. The van der Waals surface area contributed by atoms with E-state index in [0.717, 1.165) is 12.8 Å². The minimum atomic E-state index is 0.257. The Morgan fingerprint density at radius 1 is 1.54 bits per heavy atom. The van der Waals surface area contributed by atoms with E-state index < -0.39 is 0 Å². The molecule has 2 aliphatic rings. The first-order valence-electron chi connectivity index (χ1n) is 5.00. The summed E-state index contributed by atoms with van der Waals surface area (Å²) in [7, 11) is 0. The summed E-state index contributed by atoms with van der Waals surface area (Å²) in [4.78, 5) is 11.3. The van der Waals surface area contributed by atoms with Crippen molar-refractivity contribution in [1.82, 2.24) is 0 Å². The normalized spacial score (nSPS) is 38.5. The number of ketones is 1. The lowest BCUT2D eigenvalue weighted by molar-refractivity contribution is -0.116. The van der Waals surface area contributed by atoms with Crippen LogP contribution in [0.3, 0.4) is 0 Å². The highest BCUT2D eigenvalue weighted by molar-refractivity contribution is 5.91. The zero-order valence-electron chi connectivity index (χ0n) is 8.34. The van der Waals surface area contributed by atoms with Crippen LogP contribution in [0, 0.1) is 11.3 Å². The van der Waals surface area contributed by atoms with E-state index in [4.69, 9.17) is 0 Å². The van der Waals surface area contributed by atoms with Gasteiger partial charge in [0.05, 0.1) is 0 Å². The summed E-state index contributed by atoms with van der Waals surface area (Å²) >= 11 is 0. The van der Waals surface area contributed by atoms with Crippen molar-refractivity contribution in [2.75, 3.05) is 0 Å². The Morgan fingerprint density at radius 2 is 2.31 bits per heavy atom. The van der Waals surface area contributed by atoms with E-state index in [1.54, 1.807) is 6.08 Å². The summed E-state index contributed by atoms with van der Waals surface area (Å²) in [5.74, 6) is 0.760. The molecule has 2 rings (SSSR count). The Balaban J connectivity index is 2.37. The van der Waals surface area contributed by atoms with Gasteiger partial charge in [-0.3, -0.25) is 4.79 Å². The Morgan fingerprint density at radius 3 is 3.08 bits per heavy atom. The summed E-state index contributed by atoms with van der Waals surface area (Å²) < 4.78 is 0. The largest absolute Gasteiger partial charge is 0.295 e. The zero-order valence-corrected chi connectivity index (χ0v) is 8.34. The van der Waals surface area contributed by atoms with Crippen molar-refractivity contribution < 1.29 is 4.79 Å². The molecule has 0 bridgehead atoms. The molecule has 0 aromatic heterocycles. The van der Waals surface area contributed by atoms with E-state index in [9.17, 15) is 4.79 Å². The lowest BCUT2D eigenvalue weighted by Crippen LogP contribution is -2.33. The molecule has 1 heteroatoms. The molecule has 0 spiro atoms. The highest BCUT2D eigenvalue weighted by Gasteiger charge is 2.38. The van der Waals surface area contributed by atoms with Gasteiger partial charge in [0.1, 0.15) is 0 Å². The minimum absolute atomic E-state index is 0.257. The monoisotopic (exact) mass is 176 g/mol. The van der Waals surface area contributed by atoms with Crippen LogP contribution in [0.4, 0.5) is 0 Å². The summed E-state index contributed by atoms with van der Waals surface area (Å²) in [6.07, 6.45) is 9.26. The second-order valence-corrected chi connectivity index (χ2v) is 4.55. The van der Waals surface area contributed by atoms with Gasteiger partial charge in [0.25, 0.3) is 0 Å². The molecule has 0 aliphatic heterocycles. The third-order valence-corrected chi connectivity index (χ3v) is 3.55. The van der Waals surface area contributed by atoms with E-state index in [-0.39, 0.29) is 11.2 Å². The van der Waals surface area contributed by atoms with E-state index in [0.29, 0.717) is 5.92 Å². The van der Waals surface area contributed by atoms with Gasteiger partial charge in [-0.15, -0.1) is 0 Å². The van der Waals surface area contributed by atoms with Gasteiger partial charge >= 0.3 is 0 Å². The molecule has 0 aromatic carbocycles. The van der Waals surface area contributed by atoms with Crippen molar-refractivity contribution in [2.45, 2.75) is 33.1 Å². The van der Waals surface area contributed by atoms with Gasteiger partial charge in [-0.05, 0) is 37.2 Å². The highest BCUT2D eigenvalue weighted by Crippen LogP contribution is 2.46. The van der Waals surface area contributed by atoms with Crippen LogP contribution in [0.2, 0.25) is 0 Å². The second kappa shape index (κ2) is 2.83. The first-order valence-corrected chi connectivity index (χ1v) is 5.00. The standard InChI is InChI=1S/C12H16O/c1-9-4-3-6-12(2)7-5-10(13)8-11(9)12/h4-5,7,11H,3,6,8H2,1-2H3/t11-,12+/m1/s1. The predicted octanol–water partition coefficient (Wildman–Crippen LogP) is 2.88. The number of carbonyl (C=O) groups is 1. The summed E-state index contributed by atoms with van der Waals surface area (Å²) in [5.41, 5.74) is 1.67. The number of rotatable bonds is 0. The van der Waals surface area contributed by atoms with Crippen molar-refractivity contribution in [2.24, 2.45) is 11.3 Å². The van der Waals surface area contributed by atoms with Gasteiger partial charge in [-0.2, -0.15) is 0 Å². The molecule has 1 nitrogen and oxygen atoms in total. The zero-order chi connectivity index (χ0) is 9.47. The molecule has 70 valence electrons. The molecule has 2 atom stereocenters. The first kappa shape index (κ1) is 8.74. The minimum Gasteiger partial charge on any atom is -0.295 e. The Kier molecular flexibility index (Phi) is 1.90. The Bertz CT molecular complexity index is 298. The molecule has 2 aliphatic carbocycles. The lowest BCUT2D eigenvalue weighted by Gasteiger charge is -2.41. The van der Waals surface area contributed by atoms with Gasteiger partial charge < -0.3 is 0 Å². The van der Waals surface area contributed by atoms with Crippen LogP contribution in [-0.2, 0) is 4.79 Å². The molecule has 13 heavy (non-hydrogen) atoms. The molecular weight excluding hydrogens is 160 g/mol. The van der Waals surface area contributed by atoms with E-state index in [1.807, 2.05) is 0 Å². The van der Waals surface area contributed by atoms with Gasteiger partial charge in [0.2, 0.25) is 0 Å². The van der Waals surface area contributed by atoms with Crippen LogP contribution in [0.25, 0.3) is 0 Å². The molecule has 0 saturated heterocycles. The molecule has 0 aromatic rings. The number of hydrogen-bond acceptors (Lipinski definition) is 1. The van der Waals surface area contributed by atoms with Crippen LogP contribution in [0.15, 0.2) is 23.8 Å². The molecule has 0 radical (unpaired) electrons. The third kappa shape index (κ3) is 1.37. The summed E-state index contributed by atoms with van der Waals surface area (Å²) in [5, 5.41) is 0. The SMILES string of the molecule is CC1=CCC[C@@]2(C)C=CC(=O)C[C@H]12. The Hall–Kier alpha value is -0.850. The molecular formula is C12H16O. The third-order valence-electron chi connectivity index (χ3n) is 3.55. The number of carbonyl (C=O) groups excluding carboxylic acids is 1. The van der Waals surface area contributed by atoms with E-state index >= 15 is 0 Å². The topological polar surface area (TPSA) is 17.1 Å².